The molecule has 0 bridgehead atoms. The molecular formula is C12H14N2O. The molecule has 3 nitrogen and oxygen atoms in total. The first-order chi connectivity index (χ1) is 7.20. The molecule has 1 atom stereocenters. The summed E-state index contributed by atoms with van der Waals surface area (Å²) >= 11 is 0. The van der Waals surface area contributed by atoms with Crippen molar-refractivity contribution in [3.8, 4) is 0 Å². The number of nitrogens with one attached hydrogen (secondary N) is 1. The van der Waals surface area contributed by atoms with Gasteiger partial charge in [-0.2, -0.15) is 0 Å². The molecule has 1 saturated heterocycles. The molecule has 0 aromatic heterocycles. The molecule has 2 rings (SSSR count). The van der Waals surface area contributed by atoms with Crippen LogP contribution in [0.15, 0.2) is 30.3 Å². The highest BCUT2D eigenvalue weighted by Gasteiger charge is 2.32. The minimum absolute atomic E-state index is 0.0730. The Morgan fingerprint density at radius 2 is 2.07 bits per heavy atom. The van der Waals surface area contributed by atoms with Crippen LogP contribution in [0.3, 0.4) is 0 Å². The Hall–Kier alpha value is -1.64. The van der Waals surface area contributed by atoms with E-state index >= 15 is 0 Å². The van der Waals surface area contributed by atoms with Gasteiger partial charge in [0.15, 0.2) is 0 Å². The Kier molecular flexibility index (Phi) is 2.54. The number of hydrogen-bond donors (Lipinski definition) is 1. The smallest absolute Gasteiger partial charge is 0.231 e. The van der Waals surface area contributed by atoms with Gasteiger partial charge in [0.2, 0.25) is 5.91 Å². The fourth-order valence-corrected chi connectivity index (χ4v) is 1.91. The van der Waals surface area contributed by atoms with Gasteiger partial charge in [-0.25, -0.2) is 0 Å². The Morgan fingerprint density at radius 1 is 1.40 bits per heavy atom. The maximum absolute atomic E-state index is 11.7. The third-order valence-corrected chi connectivity index (χ3v) is 2.86. The van der Waals surface area contributed by atoms with Crippen molar-refractivity contribution in [1.29, 1.82) is 5.41 Å². The lowest BCUT2D eigenvalue weighted by Crippen LogP contribution is -2.27. The fraction of sp³-hybridized carbons (Fsp3) is 0.333. The van der Waals surface area contributed by atoms with Crippen molar-refractivity contribution in [2.75, 3.05) is 13.6 Å². The minimum Gasteiger partial charge on any atom is -0.345 e. The molecule has 1 aliphatic rings. The van der Waals surface area contributed by atoms with Crippen LogP contribution in [0.5, 0.6) is 0 Å². The van der Waals surface area contributed by atoms with Crippen LogP contribution >= 0.6 is 0 Å². The van der Waals surface area contributed by atoms with Crippen LogP contribution in [0.25, 0.3) is 0 Å². The number of hydrogen-bond acceptors (Lipinski definition) is 2. The van der Waals surface area contributed by atoms with Crippen molar-refractivity contribution in [2.24, 2.45) is 5.92 Å². The highest BCUT2D eigenvalue weighted by atomic mass is 16.2. The monoisotopic (exact) mass is 202 g/mol. The van der Waals surface area contributed by atoms with Gasteiger partial charge in [-0.1, -0.05) is 30.3 Å². The molecule has 15 heavy (non-hydrogen) atoms. The van der Waals surface area contributed by atoms with E-state index in [1.54, 1.807) is 11.9 Å². The van der Waals surface area contributed by atoms with Crippen molar-refractivity contribution >= 4 is 11.6 Å². The molecule has 1 aromatic rings. The fourth-order valence-electron chi connectivity index (χ4n) is 1.91. The molecule has 3 heteroatoms. The lowest BCUT2D eigenvalue weighted by molar-refractivity contribution is -0.128. The van der Waals surface area contributed by atoms with Gasteiger partial charge in [0.05, 0.1) is 11.6 Å². The summed E-state index contributed by atoms with van der Waals surface area (Å²) in [6.07, 6.45) is 0.767. The van der Waals surface area contributed by atoms with E-state index in [1.807, 2.05) is 30.3 Å². The summed E-state index contributed by atoms with van der Waals surface area (Å²) in [6.45, 7) is 0.763. The van der Waals surface area contributed by atoms with Crippen LogP contribution in [0.2, 0.25) is 0 Å². The SMILES string of the molecule is CN1CCC(C(=N)c2ccccc2)C1=O. The molecule has 78 valence electrons. The maximum Gasteiger partial charge on any atom is 0.231 e. The third kappa shape index (κ3) is 1.77. The number of rotatable bonds is 2. The summed E-state index contributed by atoms with van der Waals surface area (Å²) < 4.78 is 0. The quantitative estimate of drug-likeness (QED) is 0.726. The number of carbonyl (C=O) groups excluding carboxylic acids is 1. The first kappa shape index (κ1) is 9.90. The lowest BCUT2D eigenvalue weighted by Gasteiger charge is -2.11. The van der Waals surface area contributed by atoms with Gasteiger partial charge >= 0.3 is 0 Å². The van der Waals surface area contributed by atoms with Gasteiger partial charge < -0.3 is 10.3 Å². The molecule has 1 fully saturated rings. The van der Waals surface area contributed by atoms with E-state index in [9.17, 15) is 4.79 Å². The van der Waals surface area contributed by atoms with E-state index in [2.05, 4.69) is 0 Å². The van der Waals surface area contributed by atoms with Crippen LogP contribution in [-0.2, 0) is 4.79 Å². The number of carbonyl (C=O) groups is 1. The second-order valence-electron chi connectivity index (χ2n) is 3.88. The van der Waals surface area contributed by atoms with E-state index in [4.69, 9.17) is 5.41 Å². The standard InChI is InChI=1S/C12H14N2O/c1-14-8-7-10(12(14)15)11(13)9-5-3-2-4-6-9/h2-6,10,13H,7-8H2,1H3. The molecule has 1 aliphatic heterocycles. The molecule has 0 radical (unpaired) electrons. The van der Waals surface area contributed by atoms with Crippen LogP contribution in [0.4, 0.5) is 0 Å². The van der Waals surface area contributed by atoms with E-state index in [0.717, 1.165) is 18.5 Å². The third-order valence-electron chi connectivity index (χ3n) is 2.86. The zero-order valence-corrected chi connectivity index (χ0v) is 8.73. The Morgan fingerprint density at radius 3 is 2.60 bits per heavy atom. The summed E-state index contributed by atoms with van der Waals surface area (Å²) in [4.78, 5) is 13.4. The van der Waals surface area contributed by atoms with Crippen LogP contribution in [0.1, 0.15) is 12.0 Å². The largest absolute Gasteiger partial charge is 0.345 e. The average molecular weight is 202 g/mol. The molecule has 1 aromatic carbocycles. The summed E-state index contributed by atoms with van der Waals surface area (Å²) in [6, 6.07) is 9.47. The van der Waals surface area contributed by atoms with Gasteiger partial charge in [-0.3, -0.25) is 4.79 Å². The van der Waals surface area contributed by atoms with E-state index in [0.29, 0.717) is 5.71 Å². The van der Waals surface area contributed by atoms with Crippen LogP contribution < -0.4 is 0 Å². The molecule has 0 aliphatic carbocycles. The van der Waals surface area contributed by atoms with E-state index in [1.165, 1.54) is 0 Å². The molecule has 0 saturated carbocycles. The van der Waals surface area contributed by atoms with E-state index in [-0.39, 0.29) is 11.8 Å². The number of nitrogens with zero attached hydrogens (tertiary/aromatic N) is 1. The molecule has 1 unspecified atom stereocenters. The average Bonchev–Trinajstić information content (AvgIpc) is 2.60. The predicted octanol–water partition coefficient (Wildman–Crippen LogP) is 1.53. The Balaban J connectivity index is 2.20. The molecule has 1 amide bonds. The van der Waals surface area contributed by atoms with Gasteiger partial charge in [0.25, 0.3) is 0 Å². The summed E-state index contributed by atoms with van der Waals surface area (Å²) in [5.41, 5.74) is 1.30. The highest BCUT2D eigenvalue weighted by molar-refractivity contribution is 6.12. The zero-order chi connectivity index (χ0) is 10.8. The lowest BCUT2D eigenvalue weighted by atomic mass is 9.95. The minimum atomic E-state index is -0.239. The van der Waals surface area contributed by atoms with Crippen molar-refractivity contribution in [3.05, 3.63) is 35.9 Å². The topological polar surface area (TPSA) is 44.2 Å². The predicted molar refractivity (Wildman–Crippen MR) is 59.0 cm³/mol. The summed E-state index contributed by atoms with van der Waals surface area (Å²) in [5, 5.41) is 8.00. The second-order valence-corrected chi connectivity index (χ2v) is 3.88. The van der Waals surface area contributed by atoms with Gasteiger partial charge in [0, 0.05) is 13.6 Å². The first-order valence-corrected chi connectivity index (χ1v) is 5.09. The summed E-state index contributed by atoms with van der Waals surface area (Å²) in [5.74, 6) is -0.166. The van der Waals surface area contributed by atoms with Crippen molar-refractivity contribution in [1.82, 2.24) is 4.90 Å². The second kappa shape index (κ2) is 3.85. The van der Waals surface area contributed by atoms with E-state index < -0.39 is 0 Å². The first-order valence-electron chi connectivity index (χ1n) is 5.09. The van der Waals surface area contributed by atoms with Crippen LogP contribution in [-0.4, -0.2) is 30.1 Å². The molecule has 1 N–H and O–H groups in total. The normalized spacial score (nSPS) is 20.7. The van der Waals surface area contributed by atoms with Crippen molar-refractivity contribution in [2.45, 2.75) is 6.42 Å². The van der Waals surface area contributed by atoms with Gasteiger partial charge in [0.1, 0.15) is 0 Å². The zero-order valence-electron chi connectivity index (χ0n) is 8.73. The molecule has 0 spiro atoms. The maximum atomic E-state index is 11.7. The van der Waals surface area contributed by atoms with Crippen molar-refractivity contribution in [3.63, 3.8) is 0 Å². The number of likely N-dealkylation sites (tertiary alicyclic amines) is 1. The van der Waals surface area contributed by atoms with Crippen LogP contribution in [0, 0.1) is 11.3 Å². The molecule has 1 heterocycles. The highest BCUT2D eigenvalue weighted by Crippen LogP contribution is 2.20. The Bertz CT molecular complexity index is 386. The van der Waals surface area contributed by atoms with Crippen molar-refractivity contribution < 1.29 is 4.79 Å². The molecular weight excluding hydrogens is 188 g/mol. The number of amides is 1. The Labute approximate surface area is 89.2 Å². The summed E-state index contributed by atoms with van der Waals surface area (Å²) in [7, 11) is 1.79. The number of benzene rings is 1. The van der Waals surface area contributed by atoms with Gasteiger partial charge in [-0.05, 0) is 12.0 Å². The van der Waals surface area contributed by atoms with Gasteiger partial charge in [-0.15, -0.1) is 0 Å².